The molecular formula is C15H21N3O4. The summed E-state index contributed by atoms with van der Waals surface area (Å²) in [5.74, 6) is 0.657. The van der Waals surface area contributed by atoms with Crippen LogP contribution in [0.15, 0.2) is 24.3 Å². The second kappa shape index (κ2) is 7.74. The lowest BCUT2D eigenvalue weighted by Crippen LogP contribution is -2.48. The molecule has 120 valence electrons. The van der Waals surface area contributed by atoms with E-state index in [-0.39, 0.29) is 11.6 Å². The molecule has 0 N–H and O–H groups in total. The zero-order valence-electron chi connectivity index (χ0n) is 12.7. The minimum Gasteiger partial charge on any atom is -0.493 e. The van der Waals surface area contributed by atoms with Crippen LogP contribution < -0.4 is 4.74 Å². The van der Waals surface area contributed by atoms with Gasteiger partial charge in [0.15, 0.2) is 0 Å². The third-order valence-corrected chi connectivity index (χ3v) is 3.73. The first-order valence-corrected chi connectivity index (χ1v) is 7.41. The molecule has 1 aliphatic rings. The van der Waals surface area contributed by atoms with E-state index in [4.69, 9.17) is 4.74 Å². The van der Waals surface area contributed by atoms with Crippen LogP contribution in [-0.2, 0) is 4.79 Å². The van der Waals surface area contributed by atoms with Gasteiger partial charge in [0.2, 0.25) is 5.91 Å². The third-order valence-electron chi connectivity index (χ3n) is 3.73. The van der Waals surface area contributed by atoms with Crippen molar-refractivity contribution in [1.82, 2.24) is 9.80 Å². The van der Waals surface area contributed by atoms with Crippen molar-refractivity contribution in [3.8, 4) is 5.75 Å². The van der Waals surface area contributed by atoms with Crippen LogP contribution in [0, 0.1) is 10.1 Å². The summed E-state index contributed by atoms with van der Waals surface area (Å²) in [7, 11) is 0. The Kier molecular flexibility index (Phi) is 5.71. The summed E-state index contributed by atoms with van der Waals surface area (Å²) >= 11 is 0. The molecule has 0 saturated carbocycles. The second-order valence-electron chi connectivity index (χ2n) is 5.30. The van der Waals surface area contributed by atoms with E-state index < -0.39 is 4.92 Å². The summed E-state index contributed by atoms with van der Waals surface area (Å²) < 4.78 is 5.55. The first kappa shape index (κ1) is 16.2. The number of hydrogen-bond acceptors (Lipinski definition) is 5. The van der Waals surface area contributed by atoms with Gasteiger partial charge in [-0.3, -0.25) is 19.8 Å². The third kappa shape index (κ3) is 4.70. The van der Waals surface area contributed by atoms with Crippen LogP contribution in [0.1, 0.15) is 13.3 Å². The Morgan fingerprint density at radius 3 is 2.68 bits per heavy atom. The summed E-state index contributed by atoms with van der Waals surface area (Å²) in [4.78, 5) is 25.6. The zero-order valence-corrected chi connectivity index (χ0v) is 12.7. The summed E-state index contributed by atoms with van der Waals surface area (Å²) in [5, 5.41) is 10.7. The van der Waals surface area contributed by atoms with Gasteiger partial charge in [0.25, 0.3) is 5.69 Å². The number of rotatable bonds is 6. The van der Waals surface area contributed by atoms with E-state index >= 15 is 0 Å². The summed E-state index contributed by atoms with van der Waals surface area (Å²) in [6.07, 6.45) is 0.850. The van der Waals surface area contributed by atoms with Gasteiger partial charge in [0.1, 0.15) is 5.75 Å². The van der Waals surface area contributed by atoms with E-state index in [0.29, 0.717) is 12.4 Å². The van der Waals surface area contributed by atoms with Gasteiger partial charge in [-0.1, -0.05) is 6.07 Å². The lowest BCUT2D eigenvalue weighted by atomic mass is 10.3. The van der Waals surface area contributed by atoms with Crippen LogP contribution in [0.25, 0.3) is 0 Å². The molecule has 0 radical (unpaired) electrons. The number of nitrogens with zero attached hydrogens (tertiary/aromatic N) is 3. The van der Waals surface area contributed by atoms with Gasteiger partial charge in [-0.05, 0) is 12.5 Å². The average molecular weight is 307 g/mol. The van der Waals surface area contributed by atoms with Crippen molar-refractivity contribution in [2.75, 3.05) is 39.3 Å². The fraction of sp³-hybridized carbons (Fsp3) is 0.533. The molecule has 1 amide bonds. The highest BCUT2D eigenvalue weighted by Crippen LogP contribution is 2.19. The highest BCUT2D eigenvalue weighted by atomic mass is 16.6. The van der Waals surface area contributed by atoms with Crippen molar-refractivity contribution in [3.63, 3.8) is 0 Å². The molecule has 0 atom stereocenters. The number of hydrogen-bond donors (Lipinski definition) is 0. The Labute approximate surface area is 129 Å². The van der Waals surface area contributed by atoms with Gasteiger partial charge in [0, 0.05) is 45.7 Å². The number of nitro groups is 1. The summed E-state index contributed by atoms with van der Waals surface area (Å²) in [6.45, 7) is 6.35. The van der Waals surface area contributed by atoms with Crippen LogP contribution >= 0.6 is 0 Å². The maximum Gasteiger partial charge on any atom is 0.273 e. The predicted molar refractivity (Wildman–Crippen MR) is 81.9 cm³/mol. The monoisotopic (exact) mass is 307 g/mol. The van der Waals surface area contributed by atoms with Crippen LogP contribution in [0.4, 0.5) is 5.69 Å². The molecule has 7 heteroatoms. The minimum absolute atomic E-state index is 0.0397. The second-order valence-corrected chi connectivity index (χ2v) is 5.30. The molecule has 1 heterocycles. The SMILES string of the molecule is CC(=O)N1CCN(CCCOc2cccc([N+](=O)[O-])c2)CC1. The maximum absolute atomic E-state index is 11.2. The number of non-ortho nitro benzene ring substituents is 1. The number of amides is 1. The van der Waals surface area contributed by atoms with Gasteiger partial charge in [-0.15, -0.1) is 0 Å². The molecule has 0 aromatic heterocycles. The number of nitro benzene ring substituents is 1. The molecule has 0 unspecified atom stereocenters. The predicted octanol–water partition coefficient (Wildman–Crippen LogP) is 1.53. The molecule has 1 aliphatic heterocycles. The zero-order chi connectivity index (χ0) is 15.9. The molecule has 1 aromatic carbocycles. The number of carbonyl (C=O) groups excluding carboxylic acids is 1. The molecule has 1 aromatic rings. The van der Waals surface area contributed by atoms with Crippen molar-refractivity contribution in [1.29, 1.82) is 0 Å². The fourth-order valence-electron chi connectivity index (χ4n) is 2.45. The Bertz CT molecular complexity index is 527. The minimum atomic E-state index is -0.429. The van der Waals surface area contributed by atoms with Gasteiger partial charge >= 0.3 is 0 Å². The van der Waals surface area contributed by atoms with Gasteiger partial charge in [0.05, 0.1) is 17.6 Å². The molecule has 1 saturated heterocycles. The van der Waals surface area contributed by atoms with E-state index in [1.165, 1.54) is 12.1 Å². The normalized spacial score (nSPS) is 15.6. The summed E-state index contributed by atoms with van der Waals surface area (Å²) in [5.41, 5.74) is 0.0397. The van der Waals surface area contributed by atoms with Crippen LogP contribution in [-0.4, -0.2) is 60.0 Å². The highest BCUT2D eigenvalue weighted by molar-refractivity contribution is 5.73. The fourth-order valence-corrected chi connectivity index (χ4v) is 2.45. The van der Waals surface area contributed by atoms with Crippen molar-refractivity contribution >= 4 is 11.6 Å². The van der Waals surface area contributed by atoms with E-state index in [1.807, 2.05) is 4.90 Å². The Hall–Kier alpha value is -2.15. The van der Waals surface area contributed by atoms with E-state index in [9.17, 15) is 14.9 Å². The lowest BCUT2D eigenvalue weighted by Gasteiger charge is -2.34. The Balaban J connectivity index is 1.66. The van der Waals surface area contributed by atoms with E-state index in [1.54, 1.807) is 19.1 Å². The molecule has 7 nitrogen and oxygen atoms in total. The molecule has 0 spiro atoms. The smallest absolute Gasteiger partial charge is 0.273 e. The van der Waals surface area contributed by atoms with Gasteiger partial charge in [-0.25, -0.2) is 0 Å². The number of benzene rings is 1. The van der Waals surface area contributed by atoms with E-state index in [2.05, 4.69) is 4.90 Å². The first-order valence-electron chi connectivity index (χ1n) is 7.41. The lowest BCUT2D eigenvalue weighted by molar-refractivity contribution is -0.384. The largest absolute Gasteiger partial charge is 0.493 e. The molecule has 0 bridgehead atoms. The Morgan fingerprint density at radius 1 is 1.32 bits per heavy atom. The van der Waals surface area contributed by atoms with Crippen molar-refractivity contribution < 1.29 is 14.5 Å². The number of ether oxygens (including phenoxy) is 1. The Morgan fingerprint density at radius 2 is 2.05 bits per heavy atom. The molecule has 2 rings (SSSR count). The summed E-state index contributed by atoms with van der Waals surface area (Å²) in [6, 6.07) is 6.22. The average Bonchev–Trinajstić information content (AvgIpc) is 2.52. The van der Waals surface area contributed by atoms with Crippen LogP contribution in [0.5, 0.6) is 5.75 Å². The number of piperazine rings is 1. The number of carbonyl (C=O) groups is 1. The molecular weight excluding hydrogens is 286 g/mol. The highest BCUT2D eigenvalue weighted by Gasteiger charge is 2.17. The molecule has 22 heavy (non-hydrogen) atoms. The van der Waals surface area contributed by atoms with Crippen LogP contribution in [0.3, 0.4) is 0 Å². The topological polar surface area (TPSA) is 75.9 Å². The van der Waals surface area contributed by atoms with E-state index in [0.717, 1.165) is 39.1 Å². The van der Waals surface area contributed by atoms with Crippen molar-refractivity contribution in [2.45, 2.75) is 13.3 Å². The molecule has 0 aliphatic carbocycles. The van der Waals surface area contributed by atoms with Crippen molar-refractivity contribution in [2.24, 2.45) is 0 Å². The quantitative estimate of drug-likeness (QED) is 0.452. The first-order chi connectivity index (χ1) is 10.6. The molecule has 1 fully saturated rings. The standard InChI is InChI=1S/C15H21N3O4/c1-13(19)17-9-7-16(8-10-17)6-3-11-22-15-5-2-4-14(12-15)18(20)21/h2,4-5,12H,3,6-11H2,1H3. The van der Waals surface area contributed by atoms with Gasteiger partial charge in [-0.2, -0.15) is 0 Å². The van der Waals surface area contributed by atoms with Crippen LogP contribution in [0.2, 0.25) is 0 Å². The maximum atomic E-state index is 11.2. The van der Waals surface area contributed by atoms with Gasteiger partial charge < -0.3 is 9.64 Å². The van der Waals surface area contributed by atoms with Crippen molar-refractivity contribution in [3.05, 3.63) is 34.4 Å².